The lowest BCUT2D eigenvalue weighted by Gasteiger charge is -2.08. The van der Waals surface area contributed by atoms with Gasteiger partial charge in [-0.15, -0.1) is 10.2 Å². The molecule has 0 radical (unpaired) electrons. The van der Waals surface area contributed by atoms with Crippen molar-refractivity contribution in [3.05, 3.63) is 77.9 Å². The number of para-hydroxylation sites is 1. The Morgan fingerprint density at radius 2 is 1.77 bits per heavy atom. The average Bonchev–Trinajstić information content (AvgIpc) is 3.29. The minimum Gasteiger partial charge on any atom is -0.336 e. The molecule has 26 heavy (non-hydrogen) atoms. The van der Waals surface area contributed by atoms with E-state index in [-0.39, 0.29) is 0 Å². The molecular weight excluding hydrogens is 322 g/mol. The van der Waals surface area contributed by atoms with Gasteiger partial charge in [-0.3, -0.25) is 0 Å². The molecule has 3 aromatic carbocycles. The van der Waals surface area contributed by atoms with E-state index in [1.165, 1.54) is 32.9 Å². The predicted molar refractivity (Wildman–Crippen MR) is 103 cm³/mol. The van der Waals surface area contributed by atoms with Gasteiger partial charge in [0.15, 0.2) is 0 Å². The zero-order valence-electron chi connectivity index (χ0n) is 14.3. The molecule has 0 unspecified atom stereocenters. The summed E-state index contributed by atoms with van der Waals surface area (Å²) in [5.74, 6) is 0.613. The van der Waals surface area contributed by atoms with Crippen molar-refractivity contribution in [2.75, 3.05) is 0 Å². The number of aryl methyl sites for hydroxylation is 1. The van der Waals surface area contributed by atoms with E-state index in [2.05, 4.69) is 98.8 Å². The fraction of sp³-hybridized carbons (Fsp3) is 0.0952. The van der Waals surface area contributed by atoms with Crippen molar-refractivity contribution in [2.45, 2.75) is 13.5 Å². The van der Waals surface area contributed by atoms with Crippen LogP contribution in [0.25, 0.3) is 33.2 Å². The Balaban J connectivity index is 1.74. The number of nitrogens with one attached hydrogen (secondary N) is 1. The molecule has 5 rings (SSSR count). The van der Waals surface area contributed by atoms with Crippen LogP contribution in [0.4, 0.5) is 0 Å². The van der Waals surface area contributed by atoms with Crippen LogP contribution in [-0.4, -0.2) is 25.2 Å². The van der Waals surface area contributed by atoms with Gasteiger partial charge in [0.25, 0.3) is 0 Å². The molecule has 5 nitrogen and oxygen atoms in total. The second-order valence-electron chi connectivity index (χ2n) is 6.56. The highest BCUT2D eigenvalue weighted by atomic mass is 15.5. The van der Waals surface area contributed by atoms with E-state index in [4.69, 9.17) is 0 Å². The zero-order valence-corrected chi connectivity index (χ0v) is 14.3. The molecule has 0 bridgehead atoms. The lowest BCUT2D eigenvalue weighted by molar-refractivity contribution is 0.868. The standard InChI is InChI=1S/C21H17N5/c1-14-5-4-6-15(11-14)13-26-19-8-3-2-7-17(19)18-12-16(9-10-20(18)26)21-22-24-25-23-21/h2-12H,13H2,1H3,(H,22,23,24,25). The van der Waals surface area contributed by atoms with E-state index in [0.717, 1.165) is 12.1 Å². The number of tetrazole rings is 1. The SMILES string of the molecule is Cc1cccc(Cn2c3ccccc3c3cc(-c4nn[nH]n4)ccc32)c1. The topological polar surface area (TPSA) is 59.4 Å². The van der Waals surface area contributed by atoms with Crippen molar-refractivity contribution in [1.29, 1.82) is 0 Å². The van der Waals surface area contributed by atoms with Crippen LogP contribution >= 0.6 is 0 Å². The van der Waals surface area contributed by atoms with Crippen LogP contribution in [0.2, 0.25) is 0 Å². The van der Waals surface area contributed by atoms with Crippen molar-refractivity contribution in [3.8, 4) is 11.4 Å². The Hall–Kier alpha value is -3.47. The first-order valence-electron chi connectivity index (χ1n) is 8.60. The van der Waals surface area contributed by atoms with Gasteiger partial charge in [0.05, 0.1) is 0 Å². The molecule has 126 valence electrons. The van der Waals surface area contributed by atoms with E-state index in [1.54, 1.807) is 0 Å². The Labute approximate surface area is 150 Å². The van der Waals surface area contributed by atoms with Crippen LogP contribution < -0.4 is 0 Å². The highest BCUT2D eigenvalue weighted by Gasteiger charge is 2.13. The van der Waals surface area contributed by atoms with Crippen molar-refractivity contribution >= 4 is 21.8 Å². The lowest BCUT2D eigenvalue weighted by Crippen LogP contribution is -1.99. The number of aromatic amines is 1. The van der Waals surface area contributed by atoms with Gasteiger partial charge in [0.1, 0.15) is 0 Å². The van der Waals surface area contributed by atoms with Crippen LogP contribution in [0.15, 0.2) is 66.7 Å². The predicted octanol–water partition coefficient (Wildman–Crippen LogP) is 4.33. The minimum absolute atomic E-state index is 0.613. The fourth-order valence-corrected chi connectivity index (χ4v) is 3.64. The smallest absolute Gasteiger partial charge is 0.204 e. The molecule has 0 aliphatic heterocycles. The minimum atomic E-state index is 0.613. The second kappa shape index (κ2) is 5.81. The molecule has 0 spiro atoms. The van der Waals surface area contributed by atoms with Gasteiger partial charge in [-0.2, -0.15) is 5.21 Å². The molecule has 0 saturated heterocycles. The van der Waals surface area contributed by atoms with Gasteiger partial charge in [-0.25, -0.2) is 0 Å². The number of aromatic nitrogens is 5. The Morgan fingerprint density at radius 1 is 0.885 bits per heavy atom. The normalized spacial score (nSPS) is 11.4. The summed E-state index contributed by atoms with van der Waals surface area (Å²) in [6.45, 7) is 2.97. The molecule has 1 N–H and O–H groups in total. The van der Waals surface area contributed by atoms with Crippen LogP contribution in [0.3, 0.4) is 0 Å². The highest BCUT2D eigenvalue weighted by Crippen LogP contribution is 2.32. The zero-order chi connectivity index (χ0) is 17.5. The third-order valence-electron chi connectivity index (χ3n) is 4.80. The molecule has 0 aliphatic carbocycles. The summed E-state index contributed by atoms with van der Waals surface area (Å²) in [6, 6.07) is 23.6. The first kappa shape index (κ1) is 14.8. The quantitative estimate of drug-likeness (QED) is 0.532. The second-order valence-corrected chi connectivity index (χ2v) is 6.56. The third-order valence-corrected chi connectivity index (χ3v) is 4.80. The molecule has 0 fully saturated rings. The maximum atomic E-state index is 4.10. The Morgan fingerprint density at radius 3 is 2.62 bits per heavy atom. The van der Waals surface area contributed by atoms with E-state index in [1.807, 2.05) is 0 Å². The summed E-state index contributed by atoms with van der Waals surface area (Å²) in [5, 5.41) is 16.8. The lowest BCUT2D eigenvalue weighted by atomic mass is 10.1. The first-order valence-corrected chi connectivity index (χ1v) is 8.60. The van der Waals surface area contributed by atoms with Gasteiger partial charge >= 0.3 is 0 Å². The average molecular weight is 339 g/mol. The van der Waals surface area contributed by atoms with E-state index < -0.39 is 0 Å². The van der Waals surface area contributed by atoms with Gasteiger partial charge in [0, 0.05) is 33.9 Å². The first-order chi connectivity index (χ1) is 12.8. The highest BCUT2D eigenvalue weighted by molar-refractivity contribution is 6.09. The molecule has 0 saturated carbocycles. The maximum absolute atomic E-state index is 4.10. The van der Waals surface area contributed by atoms with E-state index in [9.17, 15) is 0 Å². The van der Waals surface area contributed by atoms with Crippen LogP contribution in [-0.2, 0) is 6.54 Å². The van der Waals surface area contributed by atoms with Crippen molar-refractivity contribution < 1.29 is 0 Å². The van der Waals surface area contributed by atoms with Crippen molar-refractivity contribution in [1.82, 2.24) is 25.2 Å². The third kappa shape index (κ3) is 2.37. The Kier molecular flexibility index (Phi) is 3.31. The maximum Gasteiger partial charge on any atom is 0.204 e. The number of benzene rings is 3. The summed E-state index contributed by atoms with van der Waals surface area (Å²) in [7, 11) is 0. The monoisotopic (exact) mass is 339 g/mol. The molecule has 0 aliphatic rings. The molecule has 2 heterocycles. The number of fused-ring (bicyclic) bond motifs is 3. The van der Waals surface area contributed by atoms with Crippen molar-refractivity contribution in [3.63, 3.8) is 0 Å². The van der Waals surface area contributed by atoms with Gasteiger partial charge in [0.2, 0.25) is 5.82 Å². The number of hydrogen-bond acceptors (Lipinski definition) is 3. The molecular formula is C21H17N5. The number of hydrogen-bond donors (Lipinski definition) is 1. The van der Waals surface area contributed by atoms with Crippen LogP contribution in [0.5, 0.6) is 0 Å². The summed E-state index contributed by atoms with van der Waals surface area (Å²) in [6.07, 6.45) is 0. The molecule has 5 heteroatoms. The Bertz CT molecular complexity index is 1220. The van der Waals surface area contributed by atoms with Gasteiger partial charge in [-0.1, -0.05) is 48.0 Å². The summed E-state index contributed by atoms with van der Waals surface area (Å²) < 4.78 is 2.37. The van der Waals surface area contributed by atoms with E-state index in [0.29, 0.717) is 5.82 Å². The van der Waals surface area contributed by atoms with Crippen LogP contribution in [0.1, 0.15) is 11.1 Å². The van der Waals surface area contributed by atoms with Crippen LogP contribution in [0, 0.1) is 6.92 Å². The van der Waals surface area contributed by atoms with Gasteiger partial charge < -0.3 is 4.57 Å². The fourth-order valence-electron chi connectivity index (χ4n) is 3.64. The summed E-state index contributed by atoms with van der Waals surface area (Å²) in [5.41, 5.74) is 5.98. The molecule has 0 amide bonds. The van der Waals surface area contributed by atoms with Crippen molar-refractivity contribution in [2.24, 2.45) is 0 Å². The summed E-state index contributed by atoms with van der Waals surface area (Å²) >= 11 is 0. The number of rotatable bonds is 3. The van der Waals surface area contributed by atoms with Gasteiger partial charge in [-0.05, 0) is 42.0 Å². The molecule has 2 aromatic heterocycles. The molecule has 0 atom stereocenters. The van der Waals surface area contributed by atoms with E-state index >= 15 is 0 Å². The molecule has 5 aromatic rings. The number of H-pyrrole nitrogens is 1. The number of nitrogens with zero attached hydrogens (tertiary/aromatic N) is 4. The summed E-state index contributed by atoms with van der Waals surface area (Å²) in [4.78, 5) is 0. The largest absolute Gasteiger partial charge is 0.336 e.